The Bertz CT molecular complexity index is 428. The van der Waals surface area contributed by atoms with Crippen molar-refractivity contribution in [2.45, 2.75) is 4.90 Å². The van der Waals surface area contributed by atoms with Crippen LogP contribution in [0.3, 0.4) is 0 Å². The third-order valence-corrected chi connectivity index (χ3v) is 3.12. The van der Waals surface area contributed by atoms with Crippen molar-refractivity contribution in [3.63, 3.8) is 0 Å². The number of halogens is 1. The third kappa shape index (κ3) is 1.23. The second-order valence-electron chi connectivity index (χ2n) is 2.47. The summed E-state index contributed by atoms with van der Waals surface area (Å²) in [4.78, 5) is 5.13. The van der Waals surface area contributed by atoms with Crippen molar-refractivity contribution >= 4 is 39.5 Å². The number of aromatic nitrogens is 1. The van der Waals surface area contributed by atoms with E-state index < -0.39 is 0 Å². The van der Waals surface area contributed by atoms with Crippen molar-refractivity contribution in [1.82, 2.24) is 4.98 Å². The van der Waals surface area contributed by atoms with Gasteiger partial charge in [0, 0.05) is 21.0 Å². The van der Waals surface area contributed by atoms with Crippen LogP contribution in [0.2, 0.25) is 0 Å². The predicted octanol–water partition coefficient (Wildman–Crippen LogP) is 3.29. The van der Waals surface area contributed by atoms with E-state index in [0.717, 1.165) is 20.3 Å². The molecular weight excluding hydrogens is 234 g/mol. The van der Waals surface area contributed by atoms with E-state index >= 15 is 0 Å². The van der Waals surface area contributed by atoms with E-state index in [0.29, 0.717) is 0 Å². The summed E-state index contributed by atoms with van der Waals surface area (Å²) in [5.41, 5.74) is 0.940. The standard InChI is InChI=1S/C9H6BrNS/c10-7-4-3-6-2-1-5-11-8(6)9(7)12/h1-5,12H. The fourth-order valence-electron chi connectivity index (χ4n) is 1.11. The molecule has 1 nitrogen and oxygen atoms in total. The van der Waals surface area contributed by atoms with Gasteiger partial charge in [-0.15, -0.1) is 12.6 Å². The van der Waals surface area contributed by atoms with Crippen molar-refractivity contribution in [1.29, 1.82) is 0 Å². The molecule has 12 heavy (non-hydrogen) atoms. The molecule has 1 aromatic heterocycles. The summed E-state index contributed by atoms with van der Waals surface area (Å²) in [6, 6.07) is 7.94. The van der Waals surface area contributed by atoms with Gasteiger partial charge in [-0.3, -0.25) is 4.98 Å². The van der Waals surface area contributed by atoms with Gasteiger partial charge in [-0.25, -0.2) is 0 Å². The highest BCUT2D eigenvalue weighted by Gasteiger charge is 2.01. The Kier molecular flexibility index (Phi) is 2.07. The van der Waals surface area contributed by atoms with Crippen LogP contribution >= 0.6 is 28.6 Å². The normalized spacial score (nSPS) is 10.5. The molecule has 3 heteroatoms. The fourth-order valence-corrected chi connectivity index (χ4v) is 1.69. The number of thiol groups is 1. The van der Waals surface area contributed by atoms with Crippen LogP contribution < -0.4 is 0 Å². The lowest BCUT2D eigenvalue weighted by Crippen LogP contribution is -1.80. The number of benzene rings is 1. The Balaban J connectivity index is 2.91. The number of fused-ring (bicyclic) bond motifs is 1. The summed E-state index contributed by atoms with van der Waals surface area (Å²) >= 11 is 7.75. The molecule has 0 aliphatic rings. The van der Waals surface area contributed by atoms with Gasteiger partial charge in [0.15, 0.2) is 0 Å². The molecule has 0 bridgehead atoms. The molecule has 0 amide bonds. The maximum absolute atomic E-state index is 4.35. The third-order valence-electron chi connectivity index (χ3n) is 1.70. The number of nitrogens with zero attached hydrogens (tertiary/aromatic N) is 1. The molecule has 0 unspecified atom stereocenters. The molecule has 2 aromatic rings. The van der Waals surface area contributed by atoms with Crippen LogP contribution in [0.25, 0.3) is 10.9 Å². The minimum Gasteiger partial charge on any atom is -0.255 e. The number of rotatable bonds is 0. The zero-order valence-electron chi connectivity index (χ0n) is 6.16. The fraction of sp³-hybridized carbons (Fsp3) is 0. The summed E-state index contributed by atoms with van der Waals surface area (Å²) in [5.74, 6) is 0. The minimum absolute atomic E-state index is 0.896. The first-order chi connectivity index (χ1) is 5.79. The second-order valence-corrected chi connectivity index (χ2v) is 3.77. The van der Waals surface area contributed by atoms with Gasteiger partial charge < -0.3 is 0 Å². The molecule has 2 rings (SSSR count). The summed E-state index contributed by atoms with van der Waals surface area (Å²) in [6.45, 7) is 0. The van der Waals surface area contributed by atoms with Crippen LogP contribution in [-0.2, 0) is 0 Å². The zero-order valence-corrected chi connectivity index (χ0v) is 8.64. The largest absolute Gasteiger partial charge is 0.255 e. The first-order valence-electron chi connectivity index (χ1n) is 3.51. The predicted molar refractivity (Wildman–Crippen MR) is 56.7 cm³/mol. The topological polar surface area (TPSA) is 12.9 Å². The van der Waals surface area contributed by atoms with E-state index in [1.165, 1.54) is 0 Å². The molecule has 0 saturated heterocycles. The first kappa shape index (κ1) is 8.08. The van der Waals surface area contributed by atoms with Crippen LogP contribution in [-0.4, -0.2) is 4.98 Å². The highest BCUT2D eigenvalue weighted by molar-refractivity contribution is 9.10. The van der Waals surface area contributed by atoms with Crippen molar-refractivity contribution in [2.75, 3.05) is 0 Å². The molecule has 0 atom stereocenters. The first-order valence-corrected chi connectivity index (χ1v) is 4.75. The van der Waals surface area contributed by atoms with E-state index in [9.17, 15) is 0 Å². The summed E-state index contributed by atoms with van der Waals surface area (Å²) in [5, 5.41) is 1.12. The van der Waals surface area contributed by atoms with Gasteiger partial charge in [-0.05, 0) is 28.1 Å². The number of pyridine rings is 1. The SMILES string of the molecule is Sc1c(Br)ccc2cccnc12. The molecule has 60 valence electrons. The average molecular weight is 240 g/mol. The Morgan fingerprint density at radius 1 is 1.25 bits per heavy atom. The summed E-state index contributed by atoms with van der Waals surface area (Å²) < 4.78 is 0.983. The Morgan fingerprint density at radius 2 is 2.08 bits per heavy atom. The lowest BCUT2D eigenvalue weighted by molar-refractivity contribution is 1.34. The van der Waals surface area contributed by atoms with Gasteiger partial charge in [0.2, 0.25) is 0 Å². The summed E-state index contributed by atoms with van der Waals surface area (Å²) in [6.07, 6.45) is 1.77. The Morgan fingerprint density at radius 3 is 2.92 bits per heavy atom. The molecule has 0 fully saturated rings. The molecule has 1 aromatic carbocycles. The second kappa shape index (κ2) is 3.07. The van der Waals surface area contributed by atoms with Gasteiger partial charge >= 0.3 is 0 Å². The van der Waals surface area contributed by atoms with Gasteiger partial charge in [-0.1, -0.05) is 12.1 Å². The van der Waals surface area contributed by atoms with Crippen LogP contribution in [0.15, 0.2) is 39.8 Å². The molecular formula is C9H6BrNS. The zero-order chi connectivity index (χ0) is 8.55. The monoisotopic (exact) mass is 239 g/mol. The average Bonchev–Trinajstić information content (AvgIpc) is 2.12. The highest BCUT2D eigenvalue weighted by atomic mass is 79.9. The maximum Gasteiger partial charge on any atom is 0.0846 e. The molecule has 0 radical (unpaired) electrons. The van der Waals surface area contributed by atoms with E-state index in [1.807, 2.05) is 24.3 Å². The van der Waals surface area contributed by atoms with Gasteiger partial charge in [0.1, 0.15) is 0 Å². The Hall–Kier alpha value is -0.540. The maximum atomic E-state index is 4.35. The molecule has 0 aliphatic heterocycles. The molecule has 1 heterocycles. The lowest BCUT2D eigenvalue weighted by Gasteiger charge is -2.00. The van der Waals surface area contributed by atoms with E-state index in [4.69, 9.17) is 0 Å². The Labute approximate surface area is 84.4 Å². The van der Waals surface area contributed by atoms with Gasteiger partial charge in [0.05, 0.1) is 5.52 Å². The van der Waals surface area contributed by atoms with Gasteiger partial charge in [-0.2, -0.15) is 0 Å². The van der Waals surface area contributed by atoms with Crippen molar-refractivity contribution in [3.8, 4) is 0 Å². The van der Waals surface area contributed by atoms with Crippen molar-refractivity contribution in [3.05, 3.63) is 34.9 Å². The smallest absolute Gasteiger partial charge is 0.0846 e. The van der Waals surface area contributed by atoms with Crippen LogP contribution in [0.5, 0.6) is 0 Å². The van der Waals surface area contributed by atoms with Gasteiger partial charge in [0.25, 0.3) is 0 Å². The molecule has 0 spiro atoms. The number of hydrogen-bond donors (Lipinski definition) is 1. The van der Waals surface area contributed by atoms with E-state index in [2.05, 4.69) is 33.5 Å². The molecule has 0 aliphatic carbocycles. The summed E-state index contributed by atoms with van der Waals surface area (Å²) in [7, 11) is 0. The van der Waals surface area contributed by atoms with Crippen LogP contribution in [0, 0.1) is 0 Å². The van der Waals surface area contributed by atoms with Crippen molar-refractivity contribution < 1.29 is 0 Å². The van der Waals surface area contributed by atoms with Crippen molar-refractivity contribution in [2.24, 2.45) is 0 Å². The molecule has 0 saturated carbocycles. The number of hydrogen-bond acceptors (Lipinski definition) is 2. The van der Waals surface area contributed by atoms with E-state index in [1.54, 1.807) is 6.20 Å². The van der Waals surface area contributed by atoms with Crippen LogP contribution in [0.1, 0.15) is 0 Å². The van der Waals surface area contributed by atoms with Crippen LogP contribution in [0.4, 0.5) is 0 Å². The quantitative estimate of drug-likeness (QED) is 0.697. The highest BCUT2D eigenvalue weighted by Crippen LogP contribution is 2.27. The molecule has 0 N–H and O–H groups in total. The lowest BCUT2D eigenvalue weighted by atomic mass is 10.2. The van der Waals surface area contributed by atoms with E-state index in [-0.39, 0.29) is 0 Å². The minimum atomic E-state index is 0.896.